The minimum Gasteiger partial charge on any atom is -0.409 e. The molecule has 0 amide bonds. The normalized spacial score (nSPS) is 21.4. The van der Waals surface area contributed by atoms with Crippen LogP contribution >= 0.6 is 15.9 Å². The number of rotatable bonds is 4. The average Bonchev–Trinajstić information content (AvgIpc) is 2.74. The Morgan fingerprint density at radius 3 is 2.95 bits per heavy atom. The smallest absolute Gasteiger partial charge is 0.156 e. The van der Waals surface area contributed by atoms with Gasteiger partial charge in [-0.25, -0.2) is 0 Å². The largest absolute Gasteiger partial charge is 0.409 e. The summed E-state index contributed by atoms with van der Waals surface area (Å²) in [6.07, 6.45) is 3.20. The summed E-state index contributed by atoms with van der Waals surface area (Å²) in [4.78, 5) is 2.27. The molecule has 2 rings (SSSR count). The number of piperidine rings is 1. The molecule has 1 aliphatic rings. The lowest BCUT2D eigenvalue weighted by atomic mass is 10.0. The van der Waals surface area contributed by atoms with Gasteiger partial charge in [0.1, 0.15) is 0 Å². The molecular formula is C13H22BrN5O. The molecule has 112 valence electrons. The van der Waals surface area contributed by atoms with Crippen LogP contribution in [0.3, 0.4) is 0 Å². The van der Waals surface area contributed by atoms with Gasteiger partial charge < -0.3 is 10.9 Å². The molecule has 1 fully saturated rings. The molecule has 1 aromatic heterocycles. The van der Waals surface area contributed by atoms with Crippen LogP contribution in [-0.4, -0.2) is 38.3 Å². The van der Waals surface area contributed by atoms with Crippen LogP contribution in [0.25, 0.3) is 0 Å². The van der Waals surface area contributed by atoms with Crippen molar-refractivity contribution in [1.82, 2.24) is 14.7 Å². The van der Waals surface area contributed by atoms with E-state index in [2.05, 4.69) is 38.0 Å². The van der Waals surface area contributed by atoms with E-state index < -0.39 is 0 Å². The van der Waals surface area contributed by atoms with Gasteiger partial charge in [-0.05, 0) is 49.2 Å². The molecule has 0 aromatic carbocycles. The summed E-state index contributed by atoms with van der Waals surface area (Å²) >= 11 is 3.62. The lowest BCUT2D eigenvalue weighted by Gasteiger charge is -2.34. The van der Waals surface area contributed by atoms with Gasteiger partial charge in [0.25, 0.3) is 0 Å². The summed E-state index contributed by atoms with van der Waals surface area (Å²) in [5, 5.41) is 16.6. The van der Waals surface area contributed by atoms with Crippen molar-refractivity contribution in [3.8, 4) is 0 Å². The van der Waals surface area contributed by atoms with Crippen LogP contribution in [0, 0.1) is 6.92 Å². The molecule has 3 N–H and O–H groups in total. The predicted molar refractivity (Wildman–Crippen MR) is 81.8 cm³/mol. The SMILES string of the molecule is CCn1nc(C)c(Br)c1CN1CCCCC1C(N)=NO. The monoisotopic (exact) mass is 343 g/mol. The van der Waals surface area contributed by atoms with Crippen LogP contribution in [0.15, 0.2) is 9.63 Å². The van der Waals surface area contributed by atoms with Gasteiger partial charge in [0.2, 0.25) is 0 Å². The number of amidine groups is 1. The number of aryl methyl sites for hydroxylation is 2. The van der Waals surface area contributed by atoms with E-state index in [0.717, 1.165) is 54.8 Å². The number of nitrogens with zero attached hydrogens (tertiary/aromatic N) is 4. The number of nitrogens with two attached hydrogens (primary N) is 1. The van der Waals surface area contributed by atoms with E-state index in [1.165, 1.54) is 0 Å². The molecule has 0 bridgehead atoms. The Kier molecular flexibility index (Phi) is 5.04. The molecule has 1 saturated heterocycles. The van der Waals surface area contributed by atoms with Crippen LogP contribution < -0.4 is 5.73 Å². The molecule has 0 spiro atoms. The van der Waals surface area contributed by atoms with Gasteiger partial charge >= 0.3 is 0 Å². The molecule has 7 heteroatoms. The van der Waals surface area contributed by atoms with Crippen molar-refractivity contribution in [1.29, 1.82) is 0 Å². The molecule has 0 aliphatic carbocycles. The van der Waals surface area contributed by atoms with Gasteiger partial charge in [0.15, 0.2) is 5.84 Å². The topological polar surface area (TPSA) is 79.7 Å². The minimum absolute atomic E-state index is 0.0150. The standard InChI is InChI=1S/C13H22BrN5O/c1-3-19-11(12(14)9(2)16-19)8-18-7-5-4-6-10(18)13(15)17-20/h10,20H,3-8H2,1-2H3,(H2,15,17). The Hall–Kier alpha value is -1.08. The fourth-order valence-corrected chi connectivity index (χ4v) is 3.20. The number of hydrogen-bond donors (Lipinski definition) is 2. The Bertz CT molecular complexity index is 499. The zero-order valence-electron chi connectivity index (χ0n) is 12.0. The van der Waals surface area contributed by atoms with Crippen LogP contribution in [0.5, 0.6) is 0 Å². The van der Waals surface area contributed by atoms with E-state index in [1.807, 2.05) is 11.6 Å². The first-order valence-corrected chi connectivity index (χ1v) is 7.81. The minimum atomic E-state index is 0.0150. The quantitative estimate of drug-likeness (QED) is 0.379. The van der Waals surface area contributed by atoms with Gasteiger partial charge in [-0.15, -0.1) is 0 Å². The maximum Gasteiger partial charge on any atom is 0.156 e. The molecule has 2 heterocycles. The number of likely N-dealkylation sites (tertiary alicyclic amines) is 1. The first-order chi connectivity index (χ1) is 9.58. The Balaban J connectivity index is 2.23. The summed E-state index contributed by atoms with van der Waals surface area (Å²) < 4.78 is 3.07. The first kappa shape index (κ1) is 15.3. The molecular weight excluding hydrogens is 322 g/mol. The maximum absolute atomic E-state index is 8.94. The molecule has 0 saturated carbocycles. The Morgan fingerprint density at radius 1 is 1.55 bits per heavy atom. The van der Waals surface area contributed by atoms with E-state index in [4.69, 9.17) is 10.9 Å². The highest BCUT2D eigenvalue weighted by Crippen LogP contribution is 2.26. The zero-order chi connectivity index (χ0) is 14.7. The number of hydrogen-bond acceptors (Lipinski definition) is 4. The van der Waals surface area contributed by atoms with E-state index >= 15 is 0 Å². The van der Waals surface area contributed by atoms with Crippen molar-refractivity contribution >= 4 is 21.8 Å². The summed E-state index contributed by atoms with van der Waals surface area (Å²) in [6.45, 7) is 6.64. The highest BCUT2D eigenvalue weighted by Gasteiger charge is 2.27. The zero-order valence-corrected chi connectivity index (χ0v) is 13.6. The second kappa shape index (κ2) is 6.58. The third-order valence-electron chi connectivity index (χ3n) is 3.88. The van der Waals surface area contributed by atoms with Gasteiger partial charge in [0.05, 0.1) is 21.9 Å². The summed E-state index contributed by atoms with van der Waals surface area (Å²) in [5.41, 5.74) is 7.98. The lowest BCUT2D eigenvalue weighted by Crippen LogP contribution is -2.47. The number of halogens is 1. The molecule has 6 nitrogen and oxygen atoms in total. The summed E-state index contributed by atoms with van der Waals surface area (Å²) in [6, 6.07) is 0.0150. The van der Waals surface area contributed by atoms with E-state index in [0.29, 0.717) is 5.84 Å². The summed E-state index contributed by atoms with van der Waals surface area (Å²) in [5.74, 6) is 0.306. The second-order valence-electron chi connectivity index (χ2n) is 5.17. The van der Waals surface area contributed by atoms with Gasteiger partial charge in [-0.2, -0.15) is 5.10 Å². The number of aromatic nitrogens is 2. The molecule has 1 atom stereocenters. The second-order valence-corrected chi connectivity index (χ2v) is 5.96. The van der Waals surface area contributed by atoms with Crippen LogP contribution in [0.2, 0.25) is 0 Å². The van der Waals surface area contributed by atoms with Gasteiger partial charge in [-0.3, -0.25) is 9.58 Å². The van der Waals surface area contributed by atoms with Crippen molar-refractivity contribution < 1.29 is 5.21 Å². The van der Waals surface area contributed by atoms with Crippen LogP contribution in [0.1, 0.15) is 37.6 Å². The van der Waals surface area contributed by atoms with E-state index in [9.17, 15) is 0 Å². The molecule has 0 radical (unpaired) electrons. The van der Waals surface area contributed by atoms with Gasteiger partial charge in [0, 0.05) is 13.1 Å². The maximum atomic E-state index is 8.94. The molecule has 20 heavy (non-hydrogen) atoms. The third kappa shape index (κ3) is 2.98. The fraction of sp³-hybridized carbons (Fsp3) is 0.692. The molecule has 1 aromatic rings. The predicted octanol–water partition coefficient (Wildman–Crippen LogP) is 2.07. The summed E-state index contributed by atoms with van der Waals surface area (Å²) in [7, 11) is 0. The van der Waals surface area contributed by atoms with Crippen LogP contribution in [-0.2, 0) is 13.1 Å². The lowest BCUT2D eigenvalue weighted by molar-refractivity contribution is 0.173. The average molecular weight is 344 g/mol. The Morgan fingerprint density at radius 2 is 2.30 bits per heavy atom. The van der Waals surface area contributed by atoms with Crippen molar-refractivity contribution in [3.05, 3.63) is 15.9 Å². The molecule has 1 unspecified atom stereocenters. The van der Waals surface area contributed by atoms with Crippen molar-refractivity contribution in [2.75, 3.05) is 6.54 Å². The van der Waals surface area contributed by atoms with E-state index in [1.54, 1.807) is 0 Å². The molecule has 1 aliphatic heterocycles. The third-order valence-corrected chi connectivity index (χ3v) is 4.91. The van der Waals surface area contributed by atoms with Crippen molar-refractivity contribution in [2.45, 2.75) is 52.2 Å². The highest BCUT2D eigenvalue weighted by molar-refractivity contribution is 9.10. The van der Waals surface area contributed by atoms with Gasteiger partial charge in [-0.1, -0.05) is 11.6 Å². The van der Waals surface area contributed by atoms with Crippen molar-refractivity contribution in [2.24, 2.45) is 10.9 Å². The van der Waals surface area contributed by atoms with E-state index in [-0.39, 0.29) is 6.04 Å². The fourth-order valence-electron chi connectivity index (χ4n) is 2.79. The van der Waals surface area contributed by atoms with Crippen LogP contribution in [0.4, 0.5) is 0 Å². The highest BCUT2D eigenvalue weighted by atomic mass is 79.9. The number of oxime groups is 1. The first-order valence-electron chi connectivity index (χ1n) is 7.01. The Labute approximate surface area is 127 Å². The van der Waals surface area contributed by atoms with Crippen molar-refractivity contribution in [3.63, 3.8) is 0 Å².